The Morgan fingerprint density at radius 2 is 1.15 bits per heavy atom. The van der Waals surface area contributed by atoms with Gasteiger partial charge in [0.1, 0.15) is 6.61 Å². The summed E-state index contributed by atoms with van der Waals surface area (Å²) >= 11 is 0. The smallest absolute Gasteiger partial charge is 0.460 e. The maximum absolute atomic E-state index is 14.1. The number of carbonyl (C=O) groups is 1. The lowest BCUT2D eigenvalue weighted by Crippen LogP contribution is -2.66. The van der Waals surface area contributed by atoms with Crippen molar-refractivity contribution in [3.05, 3.63) is 11.8 Å². The first-order valence-corrected chi connectivity index (χ1v) is 9.15. The highest BCUT2D eigenvalue weighted by molar-refractivity contribution is 5.82. The number of allylic oxidation sites excluding steroid dienone is 1. The molecule has 6 nitrogen and oxygen atoms in total. The second-order valence-electron chi connectivity index (χ2n) is 6.12. The summed E-state index contributed by atoms with van der Waals surface area (Å²) in [4.78, 5) is 11.5. The fourth-order valence-corrected chi connectivity index (χ4v) is 1.92. The summed E-state index contributed by atoms with van der Waals surface area (Å²) in [6.07, 6.45) is -7.88. The molecule has 0 aliphatic heterocycles. The molecule has 0 saturated heterocycles. The highest BCUT2D eigenvalue weighted by Crippen LogP contribution is 2.58. The van der Waals surface area contributed by atoms with E-state index in [9.17, 15) is 53.1 Å². The molecule has 0 bridgehead atoms. The second kappa shape index (κ2) is 12.7. The first-order chi connectivity index (χ1) is 15.4. The molecule has 0 aromatic heterocycles. The first kappa shape index (κ1) is 32.1. The van der Waals surface area contributed by atoms with Gasteiger partial charge in [-0.3, -0.25) is 0 Å². The van der Waals surface area contributed by atoms with Crippen LogP contribution in [0.25, 0.3) is 0 Å². The van der Waals surface area contributed by atoms with Crippen LogP contribution >= 0.6 is 0 Å². The van der Waals surface area contributed by atoms with Crippen molar-refractivity contribution >= 4 is 5.97 Å². The molecule has 0 atom stereocenters. The molecule has 0 spiro atoms. The third-order valence-electron chi connectivity index (χ3n) is 3.67. The summed E-state index contributed by atoms with van der Waals surface area (Å²) in [7, 11) is 1.43. The van der Waals surface area contributed by atoms with E-state index in [1.807, 2.05) is 0 Å². The first-order valence-electron chi connectivity index (χ1n) is 9.15. The Kier molecular flexibility index (Phi) is 12.0. The molecule has 0 aromatic carbocycles. The fraction of sp³-hybridized carbons (Fsp3) is 0.824. The number of hydrogen-bond donors (Lipinski definition) is 0. The zero-order valence-corrected chi connectivity index (χ0v) is 17.6. The fourth-order valence-electron chi connectivity index (χ4n) is 1.92. The minimum Gasteiger partial charge on any atom is -0.491 e. The molecule has 0 saturated carbocycles. The number of ether oxygens (including phenoxy) is 5. The van der Waals surface area contributed by atoms with Gasteiger partial charge in [0.15, 0.2) is 5.76 Å². The molecule has 0 heterocycles. The van der Waals surface area contributed by atoms with Gasteiger partial charge in [-0.15, -0.1) is 0 Å². The number of alkyl halides is 11. The predicted octanol–water partition coefficient (Wildman–Crippen LogP) is 4.23. The summed E-state index contributed by atoms with van der Waals surface area (Å²) in [5, 5.41) is 0. The van der Waals surface area contributed by atoms with Crippen molar-refractivity contribution in [2.45, 2.75) is 36.8 Å². The van der Waals surface area contributed by atoms with E-state index >= 15 is 0 Å². The standard InChI is InChI=1S/C17H21F11O6/c1-3-33-11(10-12(29)34-9-8-32-7-6-31-5-4-30-2)13(18,19)14(20,21)15(22,23)16(24,25)17(26,27)28/h10H,3-9H2,1-2H3/b11-10-. The second-order valence-corrected chi connectivity index (χ2v) is 6.12. The van der Waals surface area contributed by atoms with Gasteiger partial charge in [-0.1, -0.05) is 0 Å². The van der Waals surface area contributed by atoms with Crippen molar-refractivity contribution < 1.29 is 76.8 Å². The van der Waals surface area contributed by atoms with Gasteiger partial charge in [0.25, 0.3) is 0 Å². The molecule has 0 rings (SSSR count). The Morgan fingerprint density at radius 1 is 0.676 bits per heavy atom. The van der Waals surface area contributed by atoms with E-state index in [1.165, 1.54) is 7.11 Å². The topological polar surface area (TPSA) is 63.2 Å². The van der Waals surface area contributed by atoms with Gasteiger partial charge in [0.2, 0.25) is 0 Å². The number of hydrogen-bond acceptors (Lipinski definition) is 6. The largest absolute Gasteiger partial charge is 0.491 e. The minimum atomic E-state index is -7.64. The van der Waals surface area contributed by atoms with Crippen molar-refractivity contribution in [2.75, 3.05) is 53.4 Å². The van der Waals surface area contributed by atoms with E-state index in [0.29, 0.717) is 6.61 Å². The molecule has 0 aromatic rings. The number of rotatable bonds is 16. The van der Waals surface area contributed by atoms with Crippen LogP contribution in [-0.4, -0.2) is 89.2 Å². The Bertz CT molecular complexity index is 665. The van der Waals surface area contributed by atoms with Crippen LogP contribution < -0.4 is 0 Å². The third kappa shape index (κ3) is 7.56. The highest BCUT2D eigenvalue weighted by atomic mass is 19.4. The molecule has 0 N–H and O–H groups in total. The normalized spacial score (nSPS) is 14.3. The van der Waals surface area contributed by atoms with Gasteiger partial charge >= 0.3 is 35.8 Å². The number of esters is 1. The summed E-state index contributed by atoms with van der Waals surface area (Å²) in [6.45, 7) is -0.562. The average molecular weight is 530 g/mol. The van der Waals surface area contributed by atoms with Crippen LogP contribution in [-0.2, 0) is 28.5 Å². The SMILES string of the molecule is CCO/C(=C\C(=O)OCCOCCOCCOC)C(F)(F)C(F)(F)C(F)(F)C(F)(F)C(F)(F)F. The van der Waals surface area contributed by atoms with E-state index in [0.717, 1.165) is 6.92 Å². The third-order valence-corrected chi connectivity index (χ3v) is 3.67. The lowest BCUT2D eigenvalue weighted by molar-refractivity contribution is -0.420. The summed E-state index contributed by atoms with van der Waals surface area (Å²) < 4.78 is 168. The quantitative estimate of drug-likeness (QED) is 0.0979. The molecule has 0 aliphatic rings. The van der Waals surface area contributed by atoms with Crippen LogP contribution in [0.5, 0.6) is 0 Å². The Hall–Kier alpha value is -1.88. The highest BCUT2D eigenvalue weighted by Gasteiger charge is 2.88. The number of halogens is 11. The van der Waals surface area contributed by atoms with Crippen LogP contribution in [0, 0.1) is 0 Å². The van der Waals surface area contributed by atoms with Crippen LogP contribution in [0.4, 0.5) is 48.3 Å². The molecule has 0 aliphatic carbocycles. The summed E-state index contributed by atoms with van der Waals surface area (Å²) in [5.74, 6) is -33.5. The zero-order valence-electron chi connectivity index (χ0n) is 17.6. The maximum Gasteiger partial charge on any atom is 0.460 e. The average Bonchev–Trinajstić information content (AvgIpc) is 2.70. The molecule has 34 heavy (non-hydrogen) atoms. The van der Waals surface area contributed by atoms with Gasteiger partial charge in [-0.2, -0.15) is 48.3 Å². The monoisotopic (exact) mass is 530 g/mol. The molecule has 0 amide bonds. The van der Waals surface area contributed by atoms with E-state index in [1.54, 1.807) is 0 Å². The number of carbonyl (C=O) groups excluding carboxylic acids is 1. The molecular formula is C17H21F11O6. The molecule has 17 heteroatoms. The Morgan fingerprint density at radius 3 is 1.59 bits per heavy atom. The van der Waals surface area contributed by atoms with Crippen molar-refractivity contribution in [3.8, 4) is 0 Å². The van der Waals surface area contributed by atoms with Crippen molar-refractivity contribution in [1.82, 2.24) is 0 Å². The van der Waals surface area contributed by atoms with Gasteiger partial charge < -0.3 is 23.7 Å². The van der Waals surface area contributed by atoms with Crippen LogP contribution in [0.2, 0.25) is 0 Å². The van der Waals surface area contributed by atoms with Gasteiger partial charge in [0, 0.05) is 7.11 Å². The van der Waals surface area contributed by atoms with E-state index in [2.05, 4.69) is 14.2 Å². The molecule has 0 unspecified atom stereocenters. The van der Waals surface area contributed by atoms with Crippen LogP contribution in [0.3, 0.4) is 0 Å². The predicted molar refractivity (Wildman–Crippen MR) is 90.0 cm³/mol. The van der Waals surface area contributed by atoms with Gasteiger partial charge in [-0.05, 0) is 6.92 Å². The molecular weight excluding hydrogens is 509 g/mol. The lowest BCUT2D eigenvalue weighted by Gasteiger charge is -2.37. The van der Waals surface area contributed by atoms with E-state index in [-0.39, 0.29) is 26.4 Å². The van der Waals surface area contributed by atoms with Crippen molar-refractivity contribution in [3.63, 3.8) is 0 Å². The summed E-state index contributed by atoms with van der Waals surface area (Å²) in [6, 6.07) is 0. The Balaban J connectivity index is 5.36. The number of methoxy groups -OCH3 is 1. The van der Waals surface area contributed by atoms with Crippen molar-refractivity contribution in [2.24, 2.45) is 0 Å². The zero-order chi connectivity index (χ0) is 26.8. The molecule has 0 fully saturated rings. The molecule has 202 valence electrons. The van der Waals surface area contributed by atoms with E-state index < -0.39 is 60.9 Å². The van der Waals surface area contributed by atoms with E-state index in [4.69, 9.17) is 9.47 Å². The maximum atomic E-state index is 14.1. The van der Waals surface area contributed by atoms with Crippen LogP contribution in [0.1, 0.15) is 6.92 Å². The summed E-state index contributed by atoms with van der Waals surface area (Å²) in [5.41, 5.74) is 0. The minimum absolute atomic E-state index is 0.0197. The van der Waals surface area contributed by atoms with Gasteiger partial charge in [-0.25, -0.2) is 4.79 Å². The molecule has 0 radical (unpaired) electrons. The van der Waals surface area contributed by atoms with Gasteiger partial charge in [0.05, 0.1) is 45.7 Å². The van der Waals surface area contributed by atoms with Crippen LogP contribution in [0.15, 0.2) is 11.8 Å². The van der Waals surface area contributed by atoms with Crippen molar-refractivity contribution in [1.29, 1.82) is 0 Å². The lowest BCUT2D eigenvalue weighted by atomic mass is 9.96. The Labute approximate surface area is 185 Å².